The number of hydrogen-bond donors (Lipinski definition) is 2. The van der Waals surface area contributed by atoms with Crippen molar-refractivity contribution in [3.05, 3.63) is 29.8 Å². The Morgan fingerprint density at radius 1 is 1.15 bits per heavy atom. The summed E-state index contributed by atoms with van der Waals surface area (Å²) < 4.78 is 0. The van der Waals surface area contributed by atoms with Crippen molar-refractivity contribution < 1.29 is 0 Å². The predicted octanol–water partition coefficient (Wildman–Crippen LogP) is 3.48. The molecule has 1 fully saturated rings. The third kappa shape index (κ3) is 9.14. The van der Waals surface area contributed by atoms with Crippen LogP contribution in [-0.4, -0.2) is 62.7 Å². The first-order valence-electron chi connectivity index (χ1n) is 10.2. The first-order chi connectivity index (χ1) is 12.6. The maximum absolute atomic E-state index is 4.66. The fraction of sp³-hybridized carbons (Fsp3) is 0.667. The molecule has 0 aromatic heterocycles. The third-order valence-corrected chi connectivity index (χ3v) is 4.66. The van der Waals surface area contributed by atoms with Crippen molar-refractivity contribution in [1.29, 1.82) is 0 Å². The van der Waals surface area contributed by atoms with E-state index in [2.05, 4.69) is 77.4 Å². The summed E-state index contributed by atoms with van der Waals surface area (Å²) in [4.78, 5) is 9.76. The number of benzene rings is 1. The van der Waals surface area contributed by atoms with Crippen molar-refractivity contribution in [1.82, 2.24) is 15.5 Å². The zero-order valence-electron chi connectivity index (χ0n) is 17.5. The van der Waals surface area contributed by atoms with Gasteiger partial charge in [0.15, 0.2) is 5.96 Å². The Kier molecular flexibility index (Phi) is 11.7. The van der Waals surface area contributed by atoms with Gasteiger partial charge in [-0.25, -0.2) is 0 Å². The smallest absolute Gasteiger partial charge is 0.191 e. The number of piperazine rings is 1. The van der Waals surface area contributed by atoms with Gasteiger partial charge in [0.05, 0.1) is 0 Å². The molecule has 0 aliphatic carbocycles. The number of rotatable bonds is 8. The maximum Gasteiger partial charge on any atom is 0.191 e. The normalized spacial score (nSPS) is 15.6. The number of unbranched alkanes of at least 4 members (excludes halogenated alkanes) is 1. The molecule has 1 aromatic rings. The number of nitrogens with one attached hydrogen (secondary N) is 2. The summed E-state index contributed by atoms with van der Waals surface area (Å²) in [6, 6.07) is 9.26. The van der Waals surface area contributed by atoms with E-state index in [0.717, 1.165) is 51.6 Å². The van der Waals surface area contributed by atoms with Crippen molar-refractivity contribution in [2.24, 2.45) is 4.99 Å². The van der Waals surface area contributed by atoms with Gasteiger partial charge in [0.25, 0.3) is 0 Å². The molecule has 0 bridgehead atoms. The van der Waals surface area contributed by atoms with E-state index in [0.29, 0.717) is 6.04 Å². The monoisotopic (exact) mass is 487 g/mol. The van der Waals surface area contributed by atoms with Crippen LogP contribution in [-0.2, 0) is 0 Å². The molecule has 1 aliphatic rings. The van der Waals surface area contributed by atoms with Gasteiger partial charge >= 0.3 is 0 Å². The van der Waals surface area contributed by atoms with E-state index in [1.807, 2.05) is 0 Å². The van der Waals surface area contributed by atoms with Gasteiger partial charge in [0, 0.05) is 51.0 Å². The van der Waals surface area contributed by atoms with Gasteiger partial charge in [0.2, 0.25) is 0 Å². The molecule has 2 N–H and O–H groups in total. The number of aryl methyl sites for hydroxylation is 1. The first kappa shape index (κ1) is 24.0. The molecule has 0 unspecified atom stereocenters. The summed E-state index contributed by atoms with van der Waals surface area (Å²) >= 11 is 0. The second-order valence-corrected chi connectivity index (χ2v) is 7.43. The summed E-state index contributed by atoms with van der Waals surface area (Å²) in [6.07, 6.45) is 2.36. The molecule has 0 saturated carbocycles. The van der Waals surface area contributed by atoms with Crippen LogP contribution in [0.5, 0.6) is 0 Å². The number of halogens is 1. The standard InChI is InChI=1S/C21H37N5.HI/c1-5-22-21(24-18(2)3)23-11-6-7-12-25-13-15-26(16-14-25)20-10-8-9-19(4)17-20;/h8-10,17-18H,5-7,11-16H2,1-4H3,(H2,22,23,24);1H. The van der Waals surface area contributed by atoms with Gasteiger partial charge in [-0.15, -0.1) is 24.0 Å². The Labute approximate surface area is 183 Å². The highest BCUT2D eigenvalue weighted by Gasteiger charge is 2.16. The molecule has 2 rings (SSSR count). The topological polar surface area (TPSA) is 42.9 Å². The fourth-order valence-electron chi connectivity index (χ4n) is 3.29. The number of nitrogens with zero attached hydrogens (tertiary/aromatic N) is 3. The van der Waals surface area contributed by atoms with E-state index in [1.54, 1.807) is 0 Å². The molecule has 0 atom stereocenters. The summed E-state index contributed by atoms with van der Waals surface area (Å²) in [5.74, 6) is 0.939. The van der Waals surface area contributed by atoms with Crippen molar-refractivity contribution in [3.8, 4) is 0 Å². The minimum Gasteiger partial charge on any atom is -0.369 e. The molecule has 5 nitrogen and oxygen atoms in total. The maximum atomic E-state index is 4.66. The molecular formula is C21H38IN5. The van der Waals surface area contributed by atoms with Gasteiger partial charge < -0.3 is 15.5 Å². The lowest BCUT2D eigenvalue weighted by Crippen LogP contribution is -2.46. The summed E-state index contributed by atoms with van der Waals surface area (Å²) in [7, 11) is 0. The van der Waals surface area contributed by atoms with E-state index in [4.69, 9.17) is 0 Å². The second kappa shape index (κ2) is 13.2. The van der Waals surface area contributed by atoms with Gasteiger partial charge in [0.1, 0.15) is 0 Å². The van der Waals surface area contributed by atoms with Gasteiger partial charge in [-0.05, 0) is 64.8 Å². The van der Waals surface area contributed by atoms with Gasteiger partial charge in [-0.2, -0.15) is 0 Å². The molecule has 1 saturated heterocycles. The third-order valence-electron chi connectivity index (χ3n) is 4.66. The van der Waals surface area contributed by atoms with Gasteiger partial charge in [-0.1, -0.05) is 12.1 Å². The number of hydrogen-bond acceptors (Lipinski definition) is 3. The molecule has 0 spiro atoms. The molecule has 27 heavy (non-hydrogen) atoms. The fourth-order valence-corrected chi connectivity index (χ4v) is 3.29. The minimum atomic E-state index is 0. The SMILES string of the molecule is CCNC(=NCCCCN1CCN(c2cccc(C)c2)CC1)NC(C)C.I. The van der Waals surface area contributed by atoms with Crippen LogP contribution in [0.4, 0.5) is 5.69 Å². The van der Waals surface area contributed by atoms with Crippen LogP contribution in [0, 0.1) is 6.92 Å². The Balaban J connectivity index is 0.00000364. The highest BCUT2D eigenvalue weighted by Crippen LogP contribution is 2.17. The lowest BCUT2D eigenvalue weighted by Gasteiger charge is -2.36. The molecule has 0 amide bonds. The number of aliphatic imine (C=N–C) groups is 1. The number of anilines is 1. The summed E-state index contributed by atoms with van der Waals surface area (Å²) in [5.41, 5.74) is 2.71. The van der Waals surface area contributed by atoms with Crippen LogP contribution >= 0.6 is 24.0 Å². The molecule has 1 aromatic carbocycles. The molecule has 1 heterocycles. The lowest BCUT2D eigenvalue weighted by molar-refractivity contribution is 0.253. The highest BCUT2D eigenvalue weighted by molar-refractivity contribution is 14.0. The Morgan fingerprint density at radius 2 is 1.89 bits per heavy atom. The lowest BCUT2D eigenvalue weighted by atomic mass is 10.2. The van der Waals surface area contributed by atoms with E-state index in [9.17, 15) is 0 Å². The van der Waals surface area contributed by atoms with Crippen LogP contribution in [0.2, 0.25) is 0 Å². The average Bonchev–Trinajstić information content (AvgIpc) is 2.61. The van der Waals surface area contributed by atoms with E-state index in [1.165, 1.54) is 24.2 Å². The molecular weight excluding hydrogens is 449 g/mol. The van der Waals surface area contributed by atoms with Gasteiger partial charge in [-0.3, -0.25) is 9.89 Å². The predicted molar refractivity (Wildman–Crippen MR) is 129 cm³/mol. The highest BCUT2D eigenvalue weighted by atomic mass is 127. The summed E-state index contributed by atoms with van der Waals surface area (Å²) in [6.45, 7) is 16.1. The average molecular weight is 487 g/mol. The van der Waals surface area contributed by atoms with Crippen LogP contribution in [0.25, 0.3) is 0 Å². The van der Waals surface area contributed by atoms with Crippen molar-refractivity contribution in [2.75, 3.05) is 50.7 Å². The van der Waals surface area contributed by atoms with Crippen LogP contribution in [0.3, 0.4) is 0 Å². The van der Waals surface area contributed by atoms with E-state index in [-0.39, 0.29) is 24.0 Å². The number of guanidine groups is 1. The first-order valence-corrected chi connectivity index (χ1v) is 10.2. The Hall–Kier alpha value is -1.02. The molecule has 1 aliphatic heterocycles. The Bertz CT molecular complexity index is 553. The van der Waals surface area contributed by atoms with Crippen LogP contribution in [0.1, 0.15) is 39.2 Å². The van der Waals surface area contributed by atoms with Crippen molar-refractivity contribution in [3.63, 3.8) is 0 Å². The largest absolute Gasteiger partial charge is 0.369 e. The van der Waals surface area contributed by atoms with E-state index >= 15 is 0 Å². The molecule has 154 valence electrons. The Morgan fingerprint density at radius 3 is 2.52 bits per heavy atom. The van der Waals surface area contributed by atoms with Crippen LogP contribution in [0.15, 0.2) is 29.3 Å². The zero-order valence-corrected chi connectivity index (χ0v) is 19.8. The molecule has 6 heteroatoms. The second-order valence-electron chi connectivity index (χ2n) is 7.43. The van der Waals surface area contributed by atoms with Crippen LogP contribution < -0.4 is 15.5 Å². The summed E-state index contributed by atoms with van der Waals surface area (Å²) in [5, 5.41) is 6.67. The van der Waals surface area contributed by atoms with Crippen molar-refractivity contribution in [2.45, 2.75) is 46.6 Å². The quantitative estimate of drug-likeness (QED) is 0.255. The minimum absolute atomic E-state index is 0. The van der Waals surface area contributed by atoms with Crippen molar-refractivity contribution >= 4 is 35.6 Å². The molecule has 0 radical (unpaired) electrons. The van der Waals surface area contributed by atoms with E-state index < -0.39 is 0 Å². The zero-order chi connectivity index (χ0) is 18.8.